The SMILES string of the molecule is CCCCCCCCCCCCCCCCCOS(=O)(=O)c1cccc2ccccc12.[H-].[Na+]. The molecule has 0 saturated heterocycles. The number of hydrogen-bond donors (Lipinski definition) is 0. The van der Waals surface area contributed by atoms with E-state index < -0.39 is 10.1 Å². The van der Waals surface area contributed by atoms with Crippen molar-refractivity contribution in [2.75, 3.05) is 6.61 Å². The van der Waals surface area contributed by atoms with Gasteiger partial charge in [0.25, 0.3) is 10.1 Å². The predicted octanol–water partition coefficient (Wildman–Crippen LogP) is 5.53. The molecule has 176 valence electrons. The molecule has 0 amide bonds. The first-order chi connectivity index (χ1) is 15.1. The van der Waals surface area contributed by atoms with Gasteiger partial charge in [-0.3, -0.25) is 4.18 Å². The fourth-order valence-electron chi connectivity index (χ4n) is 4.12. The van der Waals surface area contributed by atoms with Gasteiger partial charge in [0.1, 0.15) is 4.90 Å². The molecule has 2 aromatic carbocycles. The molecule has 0 spiro atoms. The van der Waals surface area contributed by atoms with E-state index in [1.807, 2.05) is 30.3 Å². The average Bonchev–Trinajstić information content (AvgIpc) is 2.78. The third kappa shape index (κ3) is 11.7. The van der Waals surface area contributed by atoms with Crippen LogP contribution in [0.3, 0.4) is 0 Å². The van der Waals surface area contributed by atoms with Gasteiger partial charge >= 0.3 is 29.6 Å². The second-order valence-corrected chi connectivity index (χ2v) is 10.3. The van der Waals surface area contributed by atoms with Crippen molar-refractivity contribution in [2.45, 2.75) is 108 Å². The van der Waals surface area contributed by atoms with Crippen molar-refractivity contribution in [3.05, 3.63) is 42.5 Å². The zero-order valence-electron chi connectivity index (χ0n) is 21.5. The van der Waals surface area contributed by atoms with Crippen LogP contribution >= 0.6 is 0 Å². The van der Waals surface area contributed by atoms with E-state index >= 15 is 0 Å². The molecule has 0 unspecified atom stereocenters. The van der Waals surface area contributed by atoms with E-state index in [2.05, 4.69) is 6.92 Å². The summed E-state index contributed by atoms with van der Waals surface area (Å²) in [6, 6.07) is 12.8. The Morgan fingerprint density at radius 3 is 1.69 bits per heavy atom. The van der Waals surface area contributed by atoms with Gasteiger partial charge in [0.15, 0.2) is 0 Å². The van der Waals surface area contributed by atoms with Crippen LogP contribution in [0.1, 0.15) is 105 Å². The Hall–Kier alpha value is -0.390. The third-order valence-corrected chi connectivity index (χ3v) is 7.38. The average molecular weight is 471 g/mol. The Balaban J connectivity index is 0.00000512. The van der Waals surface area contributed by atoms with E-state index in [0.29, 0.717) is 0 Å². The molecular weight excluding hydrogens is 427 g/mol. The van der Waals surface area contributed by atoms with Gasteiger partial charge in [-0.25, -0.2) is 0 Å². The third-order valence-electron chi connectivity index (χ3n) is 6.01. The molecule has 0 atom stereocenters. The Morgan fingerprint density at radius 1 is 0.656 bits per heavy atom. The Labute approximate surface area is 220 Å². The maximum Gasteiger partial charge on any atom is 1.00 e. The van der Waals surface area contributed by atoms with Crippen LogP contribution in [0.2, 0.25) is 0 Å². The Kier molecular flexibility index (Phi) is 16.7. The fraction of sp³-hybridized carbons (Fsp3) is 0.630. The summed E-state index contributed by atoms with van der Waals surface area (Å²) in [5, 5.41) is 1.64. The number of hydrogen-bond acceptors (Lipinski definition) is 3. The van der Waals surface area contributed by atoms with Gasteiger partial charge in [-0.1, -0.05) is 133 Å². The molecule has 32 heavy (non-hydrogen) atoms. The summed E-state index contributed by atoms with van der Waals surface area (Å²) in [6.07, 6.45) is 19.4. The van der Waals surface area contributed by atoms with E-state index in [1.165, 1.54) is 77.0 Å². The summed E-state index contributed by atoms with van der Waals surface area (Å²) < 4.78 is 30.5. The van der Waals surface area contributed by atoms with Crippen LogP contribution in [-0.2, 0) is 14.3 Å². The minimum absolute atomic E-state index is 0. The van der Waals surface area contributed by atoms with Crippen LogP contribution in [0.25, 0.3) is 10.8 Å². The molecule has 0 aliphatic carbocycles. The van der Waals surface area contributed by atoms with Gasteiger partial charge in [-0.05, 0) is 17.9 Å². The molecule has 0 N–H and O–H groups in total. The molecule has 5 heteroatoms. The maximum absolute atomic E-state index is 12.6. The zero-order valence-corrected chi connectivity index (χ0v) is 23.3. The molecule has 0 radical (unpaired) electrons. The van der Waals surface area contributed by atoms with Gasteiger partial charge < -0.3 is 1.43 Å². The standard InChI is InChI=1S/C27H42O3S.Na.H/c1-2-3-4-5-6-7-8-9-10-11-12-13-14-15-18-24-30-31(28,29)27-23-19-21-25-20-16-17-22-26(25)27;;/h16-17,19-23H,2-15,18,24H2,1H3;;/q;+1;-1. The molecule has 0 fully saturated rings. The van der Waals surface area contributed by atoms with Crippen LogP contribution in [0, 0.1) is 0 Å². The van der Waals surface area contributed by atoms with Crippen molar-refractivity contribution in [3.63, 3.8) is 0 Å². The van der Waals surface area contributed by atoms with Crippen molar-refractivity contribution in [2.24, 2.45) is 0 Å². The molecule has 3 nitrogen and oxygen atoms in total. The second-order valence-electron chi connectivity index (χ2n) is 8.70. The molecule has 0 bridgehead atoms. The molecule has 0 aromatic heterocycles. The summed E-state index contributed by atoms with van der Waals surface area (Å²) >= 11 is 0. The largest absolute Gasteiger partial charge is 1.00 e. The smallest absolute Gasteiger partial charge is 1.00 e. The summed E-state index contributed by atoms with van der Waals surface area (Å²) in [6.45, 7) is 2.54. The van der Waals surface area contributed by atoms with Gasteiger partial charge in [0.05, 0.1) is 6.61 Å². The molecule has 0 saturated carbocycles. The van der Waals surface area contributed by atoms with E-state index in [0.717, 1.165) is 30.0 Å². The predicted molar refractivity (Wildman–Crippen MR) is 133 cm³/mol. The van der Waals surface area contributed by atoms with Gasteiger partial charge in [0.2, 0.25) is 0 Å². The Morgan fingerprint density at radius 2 is 1.12 bits per heavy atom. The summed E-state index contributed by atoms with van der Waals surface area (Å²) in [4.78, 5) is 0.270. The molecule has 0 aliphatic heterocycles. The van der Waals surface area contributed by atoms with Crippen LogP contribution in [-0.4, -0.2) is 15.0 Å². The van der Waals surface area contributed by atoms with Crippen molar-refractivity contribution < 1.29 is 43.6 Å². The number of benzene rings is 2. The van der Waals surface area contributed by atoms with E-state index in [-0.39, 0.29) is 42.5 Å². The van der Waals surface area contributed by atoms with Gasteiger partial charge in [-0.15, -0.1) is 0 Å². The molecular formula is C27H43NaO3S. The summed E-state index contributed by atoms with van der Waals surface area (Å²) in [5.74, 6) is 0. The Bertz CT molecular complexity index is 837. The van der Waals surface area contributed by atoms with Crippen molar-refractivity contribution >= 4 is 20.9 Å². The topological polar surface area (TPSA) is 43.4 Å². The number of fused-ring (bicyclic) bond motifs is 1. The fourth-order valence-corrected chi connectivity index (χ4v) is 5.28. The number of unbranched alkanes of at least 4 members (excludes halogenated alkanes) is 14. The molecule has 0 aliphatic rings. The maximum atomic E-state index is 12.6. The first kappa shape index (κ1) is 29.6. The number of rotatable bonds is 18. The normalized spacial score (nSPS) is 11.5. The summed E-state index contributed by atoms with van der Waals surface area (Å²) in [5.41, 5.74) is 0. The van der Waals surface area contributed by atoms with Crippen LogP contribution in [0.4, 0.5) is 0 Å². The van der Waals surface area contributed by atoms with Crippen LogP contribution in [0.5, 0.6) is 0 Å². The second kappa shape index (κ2) is 18.0. The summed E-state index contributed by atoms with van der Waals surface area (Å²) in [7, 11) is -3.71. The molecule has 0 heterocycles. The van der Waals surface area contributed by atoms with E-state index in [9.17, 15) is 8.42 Å². The van der Waals surface area contributed by atoms with E-state index in [4.69, 9.17) is 4.18 Å². The van der Waals surface area contributed by atoms with Gasteiger partial charge in [-0.2, -0.15) is 8.42 Å². The van der Waals surface area contributed by atoms with Crippen LogP contribution in [0.15, 0.2) is 47.4 Å². The first-order valence-corrected chi connectivity index (χ1v) is 13.9. The van der Waals surface area contributed by atoms with E-state index in [1.54, 1.807) is 12.1 Å². The molecule has 2 aromatic rings. The van der Waals surface area contributed by atoms with Gasteiger partial charge in [0, 0.05) is 5.39 Å². The van der Waals surface area contributed by atoms with Crippen molar-refractivity contribution in [1.29, 1.82) is 0 Å². The quantitative estimate of drug-likeness (QED) is 0.163. The monoisotopic (exact) mass is 470 g/mol. The molecule has 2 rings (SSSR count). The minimum atomic E-state index is -3.71. The zero-order chi connectivity index (χ0) is 22.2. The van der Waals surface area contributed by atoms with Crippen molar-refractivity contribution in [3.8, 4) is 0 Å². The minimum Gasteiger partial charge on any atom is -1.00 e. The van der Waals surface area contributed by atoms with Crippen molar-refractivity contribution in [1.82, 2.24) is 0 Å². The first-order valence-electron chi connectivity index (χ1n) is 12.5. The van der Waals surface area contributed by atoms with Crippen LogP contribution < -0.4 is 29.6 Å².